The minimum Gasteiger partial charge on any atom is -0.322 e. The normalized spacial score (nSPS) is 16.2. The van der Waals surface area contributed by atoms with Crippen molar-refractivity contribution in [2.24, 2.45) is 0 Å². The number of piperazine rings is 1. The standard InChI is InChI=1S/C15H22ClN3O/c1-3-7-18-8-10-19(11-9-18)15(20)17-14-6-4-5-13(16)12(14)2/h4-6H,3,7-11H2,1-2H3,(H,17,20). The molecule has 20 heavy (non-hydrogen) atoms. The van der Waals surface area contributed by atoms with E-state index in [-0.39, 0.29) is 6.03 Å². The Balaban J connectivity index is 1.91. The van der Waals surface area contributed by atoms with Gasteiger partial charge in [0.1, 0.15) is 0 Å². The maximum atomic E-state index is 12.2. The molecule has 1 fully saturated rings. The van der Waals surface area contributed by atoms with Crippen molar-refractivity contribution in [2.75, 3.05) is 38.0 Å². The zero-order valence-corrected chi connectivity index (χ0v) is 12.9. The number of anilines is 1. The predicted molar refractivity (Wildman–Crippen MR) is 83.5 cm³/mol. The van der Waals surface area contributed by atoms with Crippen LogP contribution < -0.4 is 5.32 Å². The Morgan fingerprint density at radius 3 is 2.65 bits per heavy atom. The Hall–Kier alpha value is -1.26. The van der Waals surface area contributed by atoms with E-state index in [2.05, 4.69) is 17.1 Å². The van der Waals surface area contributed by atoms with Crippen LogP contribution in [0.3, 0.4) is 0 Å². The van der Waals surface area contributed by atoms with Crippen molar-refractivity contribution in [1.82, 2.24) is 9.80 Å². The van der Waals surface area contributed by atoms with E-state index < -0.39 is 0 Å². The molecule has 1 aromatic rings. The molecular formula is C15H22ClN3O. The van der Waals surface area contributed by atoms with Gasteiger partial charge in [-0.05, 0) is 37.6 Å². The average molecular weight is 296 g/mol. The number of carbonyl (C=O) groups is 1. The smallest absolute Gasteiger partial charge is 0.321 e. The van der Waals surface area contributed by atoms with E-state index in [4.69, 9.17) is 11.6 Å². The van der Waals surface area contributed by atoms with E-state index in [1.807, 2.05) is 30.0 Å². The summed E-state index contributed by atoms with van der Waals surface area (Å²) < 4.78 is 0. The Kier molecular flexibility index (Phi) is 5.26. The van der Waals surface area contributed by atoms with Gasteiger partial charge in [-0.3, -0.25) is 4.90 Å². The lowest BCUT2D eigenvalue weighted by Gasteiger charge is -2.34. The number of hydrogen-bond donors (Lipinski definition) is 1. The molecule has 1 aliphatic rings. The second-order valence-corrected chi connectivity index (χ2v) is 5.58. The number of halogens is 1. The molecular weight excluding hydrogens is 274 g/mol. The minimum atomic E-state index is -0.0356. The zero-order chi connectivity index (χ0) is 14.5. The SMILES string of the molecule is CCCN1CCN(C(=O)Nc2cccc(Cl)c2C)CC1. The molecule has 1 aliphatic heterocycles. The van der Waals surface area contributed by atoms with Gasteiger partial charge in [0.25, 0.3) is 0 Å². The summed E-state index contributed by atoms with van der Waals surface area (Å²) in [5, 5.41) is 3.63. The fourth-order valence-corrected chi connectivity index (χ4v) is 2.60. The molecule has 0 saturated carbocycles. The maximum Gasteiger partial charge on any atom is 0.321 e. The van der Waals surface area contributed by atoms with Crippen molar-refractivity contribution in [3.05, 3.63) is 28.8 Å². The quantitative estimate of drug-likeness (QED) is 0.929. The topological polar surface area (TPSA) is 35.6 Å². The molecule has 2 rings (SSSR count). The van der Waals surface area contributed by atoms with Crippen LogP contribution in [-0.4, -0.2) is 48.6 Å². The third-order valence-corrected chi connectivity index (χ3v) is 4.12. The number of rotatable bonds is 3. The summed E-state index contributed by atoms with van der Waals surface area (Å²) in [6.07, 6.45) is 1.16. The number of hydrogen-bond acceptors (Lipinski definition) is 2. The van der Waals surface area contributed by atoms with Gasteiger partial charge in [0.15, 0.2) is 0 Å². The van der Waals surface area contributed by atoms with Crippen molar-refractivity contribution < 1.29 is 4.79 Å². The van der Waals surface area contributed by atoms with Gasteiger partial charge in [0, 0.05) is 36.9 Å². The second kappa shape index (κ2) is 6.95. The Bertz CT molecular complexity index is 470. The molecule has 0 unspecified atom stereocenters. The van der Waals surface area contributed by atoms with Crippen LogP contribution in [0.5, 0.6) is 0 Å². The van der Waals surface area contributed by atoms with E-state index in [0.29, 0.717) is 5.02 Å². The fourth-order valence-electron chi connectivity index (χ4n) is 2.43. The van der Waals surface area contributed by atoms with Gasteiger partial charge in [-0.2, -0.15) is 0 Å². The van der Waals surface area contributed by atoms with Crippen LogP contribution in [-0.2, 0) is 0 Å². The van der Waals surface area contributed by atoms with Crippen molar-refractivity contribution in [2.45, 2.75) is 20.3 Å². The van der Waals surface area contributed by atoms with E-state index >= 15 is 0 Å². The summed E-state index contributed by atoms with van der Waals surface area (Å²) in [4.78, 5) is 16.5. The van der Waals surface area contributed by atoms with Crippen molar-refractivity contribution in [3.63, 3.8) is 0 Å². The third kappa shape index (κ3) is 3.64. The van der Waals surface area contributed by atoms with Gasteiger partial charge >= 0.3 is 6.03 Å². The highest BCUT2D eigenvalue weighted by Crippen LogP contribution is 2.23. The molecule has 0 aliphatic carbocycles. The first-order valence-electron chi connectivity index (χ1n) is 7.15. The third-order valence-electron chi connectivity index (χ3n) is 3.71. The van der Waals surface area contributed by atoms with E-state index in [9.17, 15) is 4.79 Å². The Morgan fingerprint density at radius 2 is 2.00 bits per heavy atom. The van der Waals surface area contributed by atoms with E-state index in [1.54, 1.807) is 0 Å². The van der Waals surface area contributed by atoms with Gasteiger partial charge in [0.05, 0.1) is 0 Å². The number of amides is 2. The summed E-state index contributed by atoms with van der Waals surface area (Å²) in [5.41, 5.74) is 1.70. The number of nitrogens with zero attached hydrogens (tertiary/aromatic N) is 2. The molecule has 1 N–H and O–H groups in total. The van der Waals surface area contributed by atoms with Gasteiger partial charge < -0.3 is 10.2 Å². The van der Waals surface area contributed by atoms with Gasteiger partial charge in [-0.1, -0.05) is 24.6 Å². The molecule has 1 aromatic carbocycles. The first kappa shape index (κ1) is 15.1. The molecule has 4 nitrogen and oxygen atoms in total. The van der Waals surface area contributed by atoms with Gasteiger partial charge in [0.2, 0.25) is 0 Å². The molecule has 0 spiro atoms. The van der Waals surface area contributed by atoms with Crippen LogP contribution in [0.4, 0.5) is 10.5 Å². The molecule has 1 heterocycles. The molecule has 0 radical (unpaired) electrons. The highest BCUT2D eigenvalue weighted by molar-refractivity contribution is 6.31. The first-order chi connectivity index (χ1) is 9.61. The summed E-state index contributed by atoms with van der Waals surface area (Å²) >= 11 is 6.07. The number of benzene rings is 1. The minimum absolute atomic E-state index is 0.0356. The van der Waals surface area contributed by atoms with Crippen LogP contribution >= 0.6 is 11.6 Å². The zero-order valence-electron chi connectivity index (χ0n) is 12.2. The van der Waals surface area contributed by atoms with Crippen LogP contribution in [0.15, 0.2) is 18.2 Å². The lowest BCUT2D eigenvalue weighted by atomic mass is 10.2. The highest BCUT2D eigenvalue weighted by Gasteiger charge is 2.20. The molecule has 5 heteroatoms. The lowest BCUT2D eigenvalue weighted by molar-refractivity contribution is 0.147. The highest BCUT2D eigenvalue weighted by atomic mass is 35.5. The van der Waals surface area contributed by atoms with Crippen LogP contribution in [0, 0.1) is 6.92 Å². The fraction of sp³-hybridized carbons (Fsp3) is 0.533. The van der Waals surface area contributed by atoms with E-state index in [1.165, 1.54) is 0 Å². The molecule has 0 atom stereocenters. The van der Waals surface area contributed by atoms with Crippen LogP contribution in [0.2, 0.25) is 5.02 Å². The van der Waals surface area contributed by atoms with Crippen molar-refractivity contribution in [3.8, 4) is 0 Å². The lowest BCUT2D eigenvalue weighted by Crippen LogP contribution is -2.50. The monoisotopic (exact) mass is 295 g/mol. The summed E-state index contributed by atoms with van der Waals surface area (Å²) in [6, 6.07) is 5.53. The molecule has 0 bridgehead atoms. The Morgan fingerprint density at radius 1 is 1.30 bits per heavy atom. The van der Waals surface area contributed by atoms with Crippen LogP contribution in [0.1, 0.15) is 18.9 Å². The maximum absolute atomic E-state index is 12.2. The van der Waals surface area contributed by atoms with Gasteiger partial charge in [-0.25, -0.2) is 4.79 Å². The largest absolute Gasteiger partial charge is 0.322 e. The predicted octanol–water partition coefficient (Wildman–Crippen LogP) is 3.21. The van der Waals surface area contributed by atoms with Crippen molar-refractivity contribution >= 4 is 23.3 Å². The first-order valence-corrected chi connectivity index (χ1v) is 7.53. The Labute approximate surface area is 125 Å². The van der Waals surface area contributed by atoms with E-state index in [0.717, 1.165) is 50.4 Å². The second-order valence-electron chi connectivity index (χ2n) is 5.17. The summed E-state index contributed by atoms with van der Waals surface area (Å²) in [7, 11) is 0. The molecule has 2 amide bonds. The molecule has 110 valence electrons. The summed E-state index contributed by atoms with van der Waals surface area (Å²) in [5.74, 6) is 0. The van der Waals surface area contributed by atoms with Crippen molar-refractivity contribution in [1.29, 1.82) is 0 Å². The number of urea groups is 1. The van der Waals surface area contributed by atoms with Crippen LogP contribution in [0.25, 0.3) is 0 Å². The molecule has 0 aromatic heterocycles. The molecule has 1 saturated heterocycles. The number of carbonyl (C=O) groups excluding carboxylic acids is 1. The average Bonchev–Trinajstić information content (AvgIpc) is 2.45. The number of nitrogens with one attached hydrogen (secondary N) is 1. The summed E-state index contributed by atoms with van der Waals surface area (Å²) in [6.45, 7) is 8.68. The van der Waals surface area contributed by atoms with Gasteiger partial charge in [-0.15, -0.1) is 0 Å².